The lowest BCUT2D eigenvalue weighted by atomic mass is 10.1. The Bertz CT molecular complexity index is 647. The predicted octanol–water partition coefficient (Wildman–Crippen LogP) is 3.33. The fraction of sp³-hybridized carbons (Fsp3) is 0.200. The summed E-state index contributed by atoms with van der Waals surface area (Å²) in [7, 11) is 0. The third-order valence-corrected chi connectivity index (χ3v) is 3.37. The van der Waals surface area contributed by atoms with E-state index in [9.17, 15) is 10.1 Å². The third kappa shape index (κ3) is 3.93. The van der Waals surface area contributed by atoms with Gasteiger partial charge in [0.2, 0.25) is 0 Å². The highest BCUT2D eigenvalue weighted by Crippen LogP contribution is 2.25. The van der Waals surface area contributed by atoms with Gasteiger partial charge in [-0.05, 0) is 30.7 Å². The number of rotatable bonds is 6. The molecule has 0 atom stereocenters. The maximum atomic E-state index is 10.7. The van der Waals surface area contributed by atoms with E-state index in [1.54, 1.807) is 6.07 Å². The van der Waals surface area contributed by atoms with Crippen LogP contribution in [0.25, 0.3) is 0 Å². The highest BCUT2D eigenvalue weighted by molar-refractivity contribution is 6.31. The van der Waals surface area contributed by atoms with Crippen LogP contribution in [0.4, 0.5) is 5.69 Å². The van der Waals surface area contributed by atoms with Crippen LogP contribution in [0.5, 0.6) is 5.75 Å². The SMILES string of the molecule is NCCc1ccccc1OCc1ccc([N+](=O)[O-])cc1Cl. The molecule has 0 bridgehead atoms. The zero-order chi connectivity index (χ0) is 15.2. The van der Waals surface area contributed by atoms with Crippen molar-refractivity contribution in [1.29, 1.82) is 0 Å². The quantitative estimate of drug-likeness (QED) is 0.656. The number of nitrogens with two attached hydrogens (primary N) is 1. The second-order valence-electron chi connectivity index (χ2n) is 4.47. The standard InChI is InChI=1S/C15H15ClN2O3/c16-14-9-13(18(19)20)6-5-12(14)10-21-15-4-2-1-3-11(15)7-8-17/h1-6,9H,7-8,10,17H2. The van der Waals surface area contributed by atoms with Gasteiger partial charge < -0.3 is 10.5 Å². The van der Waals surface area contributed by atoms with Crippen LogP contribution >= 0.6 is 11.6 Å². The van der Waals surface area contributed by atoms with Crippen LogP contribution in [0.2, 0.25) is 5.02 Å². The van der Waals surface area contributed by atoms with Gasteiger partial charge in [-0.2, -0.15) is 0 Å². The second-order valence-corrected chi connectivity index (χ2v) is 4.88. The minimum absolute atomic E-state index is 0.0349. The number of nitrogens with zero attached hydrogens (tertiary/aromatic N) is 1. The van der Waals surface area contributed by atoms with Crippen molar-refractivity contribution >= 4 is 17.3 Å². The van der Waals surface area contributed by atoms with Gasteiger partial charge in [-0.3, -0.25) is 10.1 Å². The summed E-state index contributed by atoms with van der Waals surface area (Å²) in [4.78, 5) is 10.2. The summed E-state index contributed by atoms with van der Waals surface area (Å²) >= 11 is 6.04. The first kappa shape index (κ1) is 15.3. The fourth-order valence-corrected chi connectivity index (χ4v) is 2.16. The highest BCUT2D eigenvalue weighted by atomic mass is 35.5. The van der Waals surface area contributed by atoms with Crippen molar-refractivity contribution in [1.82, 2.24) is 0 Å². The molecule has 0 radical (unpaired) electrons. The Labute approximate surface area is 127 Å². The summed E-state index contributed by atoms with van der Waals surface area (Å²) in [6, 6.07) is 12.0. The van der Waals surface area contributed by atoms with E-state index in [1.807, 2.05) is 24.3 Å². The van der Waals surface area contributed by atoms with Crippen molar-refractivity contribution in [2.45, 2.75) is 13.0 Å². The lowest BCUT2D eigenvalue weighted by Crippen LogP contribution is -2.05. The van der Waals surface area contributed by atoms with Crippen molar-refractivity contribution in [2.75, 3.05) is 6.54 Å². The van der Waals surface area contributed by atoms with Crippen LogP contribution in [-0.4, -0.2) is 11.5 Å². The molecule has 0 amide bonds. The molecule has 0 unspecified atom stereocenters. The largest absolute Gasteiger partial charge is 0.489 e. The molecule has 0 fully saturated rings. The molecule has 0 aliphatic heterocycles. The number of para-hydroxylation sites is 1. The molecule has 0 aliphatic carbocycles. The molecule has 2 aromatic carbocycles. The van der Waals surface area contributed by atoms with E-state index in [-0.39, 0.29) is 12.3 Å². The molecule has 0 heterocycles. The molecular formula is C15H15ClN2O3. The molecule has 0 spiro atoms. The normalized spacial score (nSPS) is 10.4. The van der Waals surface area contributed by atoms with Gasteiger partial charge in [-0.1, -0.05) is 29.8 Å². The van der Waals surface area contributed by atoms with Crippen molar-refractivity contribution in [3.05, 3.63) is 68.7 Å². The Hall–Kier alpha value is -2.11. The monoisotopic (exact) mass is 306 g/mol. The summed E-state index contributed by atoms with van der Waals surface area (Å²) in [6.07, 6.45) is 0.726. The molecular weight excluding hydrogens is 292 g/mol. The van der Waals surface area contributed by atoms with E-state index >= 15 is 0 Å². The van der Waals surface area contributed by atoms with Crippen LogP contribution in [-0.2, 0) is 13.0 Å². The Morgan fingerprint density at radius 3 is 2.62 bits per heavy atom. The molecule has 6 heteroatoms. The Kier molecular flexibility index (Phi) is 5.14. The minimum atomic E-state index is -0.479. The Morgan fingerprint density at radius 1 is 1.19 bits per heavy atom. The summed E-state index contributed by atoms with van der Waals surface area (Å²) in [6.45, 7) is 0.789. The number of hydrogen-bond donors (Lipinski definition) is 1. The maximum absolute atomic E-state index is 10.7. The fourth-order valence-electron chi connectivity index (χ4n) is 1.93. The molecule has 21 heavy (non-hydrogen) atoms. The minimum Gasteiger partial charge on any atom is -0.489 e. The van der Waals surface area contributed by atoms with E-state index in [1.165, 1.54) is 12.1 Å². The lowest BCUT2D eigenvalue weighted by Gasteiger charge is -2.11. The lowest BCUT2D eigenvalue weighted by molar-refractivity contribution is -0.384. The molecule has 110 valence electrons. The average molecular weight is 307 g/mol. The number of non-ortho nitro benzene ring substituents is 1. The van der Waals surface area contributed by atoms with Crippen LogP contribution in [0.1, 0.15) is 11.1 Å². The zero-order valence-corrected chi connectivity index (χ0v) is 12.0. The van der Waals surface area contributed by atoms with Crippen LogP contribution in [0, 0.1) is 10.1 Å². The number of ether oxygens (including phenoxy) is 1. The molecule has 2 aromatic rings. The first-order valence-corrected chi connectivity index (χ1v) is 6.83. The topological polar surface area (TPSA) is 78.4 Å². The summed E-state index contributed by atoms with van der Waals surface area (Å²) in [5.74, 6) is 0.748. The smallest absolute Gasteiger partial charge is 0.270 e. The van der Waals surface area contributed by atoms with Crippen LogP contribution < -0.4 is 10.5 Å². The van der Waals surface area contributed by atoms with Crippen LogP contribution in [0.3, 0.4) is 0 Å². The molecule has 0 saturated carbocycles. The predicted molar refractivity (Wildman–Crippen MR) is 81.6 cm³/mol. The Balaban J connectivity index is 2.11. The van der Waals surface area contributed by atoms with Gasteiger partial charge in [-0.25, -0.2) is 0 Å². The van der Waals surface area contributed by atoms with Gasteiger partial charge in [0, 0.05) is 17.7 Å². The number of nitro groups is 1. The van der Waals surface area contributed by atoms with E-state index < -0.39 is 4.92 Å². The van der Waals surface area contributed by atoms with E-state index in [0.29, 0.717) is 17.1 Å². The number of benzene rings is 2. The first-order chi connectivity index (χ1) is 10.1. The molecule has 2 N–H and O–H groups in total. The van der Waals surface area contributed by atoms with Gasteiger partial charge in [0.05, 0.1) is 9.95 Å². The van der Waals surface area contributed by atoms with Gasteiger partial charge in [-0.15, -0.1) is 0 Å². The van der Waals surface area contributed by atoms with E-state index in [4.69, 9.17) is 22.1 Å². The Morgan fingerprint density at radius 2 is 1.95 bits per heavy atom. The van der Waals surface area contributed by atoms with Gasteiger partial charge >= 0.3 is 0 Å². The van der Waals surface area contributed by atoms with Crippen molar-refractivity contribution in [3.63, 3.8) is 0 Å². The van der Waals surface area contributed by atoms with Gasteiger partial charge in [0.25, 0.3) is 5.69 Å². The number of nitro benzene ring substituents is 1. The third-order valence-electron chi connectivity index (χ3n) is 3.02. The molecule has 0 aliphatic rings. The molecule has 2 rings (SSSR count). The summed E-state index contributed by atoms with van der Waals surface area (Å²) < 4.78 is 5.75. The van der Waals surface area contributed by atoms with E-state index in [0.717, 1.165) is 17.7 Å². The van der Waals surface area contributed by atoms with Gasteiger partial charge in [0.1, 0.15) is 12.4 Å². The van der Waals surface area contributed by atoms with Crippen LogP contribution in [0.15, 0.2) is 42.5 Å². The van der Waals surface area contributed by atoms with Gasteiger partial charge in [0.15, 0.2) is 0 Å². The summed E-state index contributed by atoms with van der Waals surface area (Å²) in [5, 5.41) is 11.0. The first-order valence-electron chi connectivity index (χ1n) is 6.45. The zero-order valence-electron chi connectivity index (χ0n) is 11.3. The van der Waals surface area contributed by atoms with Crippen molar-refractivity contribution < 1.29 is 9.66 Å². The van der Waals surface area contributed by atoms with E-state index in [2.05, 4.69) is 0 Å². The molecule has 0 aromatic heterocycles. The number of hydrogen-bond acceptors (Lipinski definition) is 4. The van der Waals surface area contributed by atoms with Crippen molar-refractivity contribution in [2.24, 2.45) is 5.73 Å². The summed E-state index contributed by atoms with van der Waals surface area (Å²) in [5.41, 5.74) is 7.26. The second kappa shape index (κ2) is 7.06. The molecule has 0 saturated heterocycles. The van der Waals surface area contributed by atoms with Crippen molar-refractivity contribution in [3.8, 4) is 5.75 Å². The average Bonchev–Trinajstić information content (AvgIpc) is 2.47. The highest BCUT2D eigenvalue weighted by Gasteiger charge is 2.10. The molecule has 5 nitrogen and oxygen atoms in total. The number of halogens is 1. The maximum Gasteiger partial charge on any atom is 0.270 e.